The molecule has 4 nitrogen and oxygen atoms in total. The zero-order chi connectivity index (χ0) is 14.7. The van der Waals surface area contributed by atoms with Gasteiger partial charge in [-0.25, -0.2) is 0 Å². The first-order valence-electron chi connectivity index (χ1n) is 7.70. The zero-order valence-corrected chi connectivity index (χ0v) is 12.4. The van der Waals surface area contributed by atoms with Crippen LogP contribution in [0.3, 0.4) is 0 Å². The summed E-state index contributed by atoms with van der Waals surface area (Å²) in [5.41, 5.74) is 5.25. The first kappa shape index (κ1) is 13.9. The van der Waals surface area contributed by atoms with Gasteiger partial charge < -0.3 is 5.32 Å². The highest BCUT2D eigenvalue weighted by Crippen LogP contribution is 2.22. The molecule has 1 aliphatic rings. The molecule has 1 aromatic carbocycles. The second-order valence-corrected chi connectivity index (χ2v) is 5.59. The number of rotatable bonds is 4. The number of amides is 1. The predicted molar refractivity (Wildman–Crippen MR) is 82.2 cm³/mol. The summed E-state index contributed by atoms with van der Waals surface area (Å²) in [6.45, 7) is 2.68. The van der Waals surface area contributed by atoms with E-state index in [1.165, 1.54) is 12.0 Å². The average molecular weight is 283 g/mol. The van der Waals surface area contributed by atoms with Gasteiger partial charge in [0.25, 0.3) is 5.91 Å². The van der Waals surface area contributed by atoms with E-state index in [0.29, 0.717) is 12.2 Å². The van der Waals surface area contributed by atoms with Crippen molar-refractivity contribution in [1.82, 2.24) is 15.5 Å². The van der Waals surface area contributed by atoms with E-state index in [4.69, 9.17) is 0 Å². The average Bonchev–Trinajstić information content (AvgIpc) is 2.97. The molecule has 0 bridgehead atoms. The summed E-state index contributed by atoms with van der Waals surface area (Å²) in [6, 6.07) is 8.36. The van der Waals surface area contributed by atoms with E-state index in [9.17, 15) is 4.79 Å². The zero-order valence-electron chi connectivity index (χ0n) is 12.4. The molecular formula is C17H21N3O. The summed E-state index contributed by atoms with van der Waals surface area (Å²) in [6.07, 6.45) is 5.32. The van der Waals surface area contributed by atoms with Gasteiger partial charge in [-0.3, -0.25) is 9.89 Å². The van der Waals surface area contributed by atoms with Crippen LogP contribution in [0.1, 0.15) is 52.6 Å². The van der Waals surface area contributed by atoms with Crippen LogP contribution < -0.4 is 5.32 Å². The largest absolute Gasteiger partial charge is 0.347 e. The van der Waals surface area contributed by atoms with Crippen LogP contribution in [0.2, 0.25) is 0 Å². The van der Waals surface area contributed by atoms with Crippen molar-refractivity contribution in [2.75, 3.05) is 0 Å². The van der Waals surface area contributed by atoms with Crippen LogP contribution in [0.25, 0.3) is 0 Å². The summed E-state index contributed by atoms with van der Waals surface area (Å²) in [7, 11) is 0. The molecule has 1 aliphatic carbocycles. The Balaban J connectivity index is 1.64. The SMILES string of the molecule is CCc1ccc(CNC(=O)c2n[nH]c3c2CCCC3)cc1. The number of aromatic nitrogens is 2. The quantitative estimate of drug-likeness (QED) is 0.906. The smallest absolute Gasteiger partial charge is 0.272 e. The van der Waals surface area contributed by atoms with Crippen molar-refractivity contribution in [1.29, 1.82) is 0 Å². The van der Waals surface area contributed by atoms with Gasteiger partial charge in [0.15, 0.2) is 5.69 Å². The fourth-order valence-electron chi connectivity index (χ4n) is 2.83. The van der Waals surface area contributed by atoms with Gasteiger partial charge in [0.05, 0.1) is 0 Å². The number of nitrogens with one attached hydrogen (secondary N) is 2. The van der Waals surface area contributed by atoms with Gasteiger partial charge in [-0.1, -0.05) is 31.2 Å². The van der Waals surface area contributed by atoms with Crippen LogP contribution in [0, 0.1) is 0 Å². The Hall–Kier alpha value is -2.10. The maximum atomic E-state index is 12.3. The van der Waals surface area contributed by atoms with Crippen molar-refractivity contribution in [2.24, 2.45) is 0 Å². The number of aryl methyl sites for hydroxylation is 2. The second kappa shape index (κ2) is 6.12. The fraction of sp³-hybridized carbons (Fsp3) is 0.412. The Kier molecular flexibility index (Phi) is 4.04. The molecule has 2 aromatic rings. The Morgan fingerprint density at radius 2 is 1.90 bits per heavy atom. The molecule has 0 radical (unpaired) electrons. The Labute approximate surface area is 125 Å². The normalized spacial score (nSPS) is 13.8. The van der Waals surface area contributed by atoms with E-state index in [2.05, 4.69) is 46.7 Å². The Morgan fingerprint density at radius 3 is 2.67 bits per heavy atom. The van der Waals surface area contributed by atoms with Crippen LogP contribution in [-0.4, -0.2) is 16.1 Å². The molecule has 0 saturated heterocycles. The van der Waals surface area contributed by atoms with Gasteiger partial charge >= 0.3 is 0 Å². The topological polar surface area (TPSA) is 57.8 Å². The summed E-state index contributed by atoms with van der Waals surface area (Å²) < 4.78 is 0. The number of carbonyl (C=O) groups is 1. The first-order valence-corrected chi connectivity index (χ1v) is 7.70. The van der Waals surface area contributed by atoms with E-state index in [1.807, 2.05) is 0 Å². The van der Waals surface area contributed by atoms with Crippen LogP contribution in [0.15, 0.2) is 24.3 Å². The standard InChI is InChI=1S/C17H21N3O/c1-2-12-7-9-13(10-8-12)11-18-17(21)16-14-5-3-4-6-15(14)19-20-16/h7-10H,2-6,11H2,1H3,(H,18,21)(H,19,20). The molecule has 0 fully saturated rings. The van der Waals surface area contributed by atoms with E-state index < -0.39 is 0 Å². The number of fused-ring (bicyclic) bond motifs is 1. The lowest BCUT2D eigenvalue weighted by atomic mass is 9.96. The minimum Gasteiger partial charge on any atom is -0.347 e. The van der Waals surface area contributed by atoms with Gasteiger partial charge in [-0.15, -0.1) is 0 Å². The van der Waals surface area contributed by atoms with Crippen molar-refractivity contribution in [3.05, 3.63) is 52.3 Å². The Morgan fingerprint density at radius 1 is 1.19 bits per heavy atom. The molecule has 0 aliphatic heterocycles. The van der Waals surface area contributed by atoms with Crippen LogP contribution in [0.5, 0.6) is 0 Å². The maximum absolute atomic E-state index is 12.3. The van der Waals surface area contributed by atoms with Gasteiger partial charge in [0.2, 0.25) is 0 Å². The van der Waals surface area contributed by atoms with Gasteiger partial charge in [0, 0.05) is 17.8 Å². The highest BCUT2D eigenvalue weighted by Gasteiger charge is 2.21. The number of hydrogen-bond donors (Lipinski definition) is 2. The lowest BCUT2D eigenvalue weighted by Crippen LogP contribution is -2.24. The van der Waals surface area contributed by atoms with Crippen molar-refractivity contribution >= 4 is 5.91 Å². The molecule has 3 rings (SSSR count). The molecular weight excluding hydrogens is 262 g/mol. The number of hydrogen-bond acceptors (Lipinski definition) is 2. The first-order chi connectivity index (χ1) is 10.3. The lowest BCUT2D eigenvalue weighted by Gasteiger charge is -2.11. The Bertz CT molecular complexity index is 628. The van der Waals surface area contributed by atoms with Crippen LogP contribution in [-0.2, 0) is 25.8 Å². The third kappa shape index (κ3) is 2.99. The third-order valence-electron chi connectivity index (χ3n) is 4.16. The minimum atomic E-state index is -0.0750. The number of H-pyrrole nitrogens is 1. The fourth-order valence-corrected chi connectivity index (χ4v) is 2.83. The highest BCUT2D eigenvalue weighted by atomic mass is 16.1. The van der Waals surface area contributed by atoms with Crippen LogP contribution in [0.4, 0.5) is 0 Å². The van der Waals surface area contributed by atoms with Crippen molar-refractivity contribution in [3.8, 4) is 0 Å². The molecule has 1 aromatic heterocycles. The molecule has 0 saturated carbocycles. The summed E-state index contributed by atoms with van der Waals surface area (Å²) in [5.74, 6) is -0.0750. The lowest BCUT2D eigenvalue weighted by molar-refractivity contribution is 0.0945. The number of benzene rings is 1. The molecule has 2 N–H and O–H groups in total. The molecule has 21 heavy (non-hydrogen) atoms. The molecule has 1 amide bonds. The number of aromatic amines is 1. The van der Waals surface area contributed by atoms with Gasteiger partial charge in [0.1, 0.15) is 0 Å². The number of carbonyl (C=O) groups excluding carboxylic acids is 1. The van der Waals surface area contributed by atoms with Crippen molar-refractivity contribution < 1.29 is 4.79 Å². The number of nitrogens with zero attached hydrogens (tertiary/aromatic N) is 1. The molecule has 4 heteroatoms. The summed E-state index contributed by atoms with van der Waals surface area (Å²) in [4.78, 5) is 12.3. The van der Waals surface area contributed by atoms with Crippen molar-refractivity contribution in [3.63, 3.8) is 0 Å². The summed E-state index contributed by atoms with van der Waals surface area (Å²) in [5, 5.41) is 10.2. The van der Waals surface area contributed by atoms with E-state index in [-0.39, 0.29) is 5.91 Å². The van der Waals surface area contributed by atoms with E-state index >= 15 is 0 Å². The maximum Gasteiger partial charge on any atom is 0.272 e. The second-order valence-electron chi connectivity index (χ2n) is 5.59. The molecule has 0 unspecified atom stereocenters. The predicted octanol–water partition coefficient (Wildman–Crippen LogP) is 2.78. The monoisotopic (exact) mass is 283 g/mol. The summed E-state index contributed by atoms with van der Waals surface area (Å²) >= 11 is 0. The third-order valence-corrected chi connectivity index (χ3v) is 4.16. The van der Waals surface area contributed by atoms with Gasteiger partial charge in [-0.2, -0.15) is 5.10 Å². The van der Waals surface area contributed by atoms with E-state index in [1.54, 1.807) is 0 Å². The molecule has 1 heterocycles. The minimum absolute atomic E-state index is 0.0750. The van der Waals surface area contributed by atoms with Gasteiger partial charge in [-0.05, 0) is 43.2 Å². The highest BCUT2D eigenvalue weighted by molar-refractivity contribution is 5.94. The van der Waals surface area contributed by atoms with E-state index in [0.717, 1.165) is 42.5 Å². The molecule has 110 valence electrons. The van der Waals surface area contributed by atoms with Crippen LogP contribution >= 0.6 is 0 Å². The molecule has 0 atom stereocenters. The molecule has 0 spiro atoms. The van der Waals surface area contributed by atoms with Crippen molar-refractivity contribution in [2.45, 2.75) is 45.6 Å².